The van der Waals surface area contributed by atoms with Crippen LogP contribution in [0.4, 0.5) is 10.8 Å². The standard InChI is InChI=1S/C15H18N2O2S/c1-2-11-14(10-18)20-15(16-11)17-8-5-9-19-13-7-4-3-6-12(13)17/h3-4,6-7,18H,2,5,8-10H2,1H3. The number of benzene rings is 1. The highest BCUT2D eigenvalue weighted by atomic mass is 32.1. The van der Waals surface area contributed by atoms with E-state index in [1.807, 2.05) is 18.2 Å². The van der Waals surface area contributed by atoms with Crippen molar-refractivity contribution in [3.05, 3.63) is 34.8 Å². The average Bonchev–Trinajstić information content (AvgIpc) is 2.79. The number of aryl methyl sites for hydroxylation is 1. The van der Waals surface area contributed by atoms with Gasteiger partial charge in [-0.15, -0.1) is 0 Å². The average molecular weight is 290 g/mol. The van der Waals surface area contributed by atoms with Gasteiger partial charge in [-0.25, -0.2) is 4.98 Å². The van der Waals surface area contributed by atoms with E-state index in [4.69, 9.17) is 9.72 Å². The lowest BCUT2D eigenvalue weighted by atomic mass is 10.2. The van der Waals surface area contributed by atoms with Crippen molar-refractivity contribution in [3.8, 4) is 5.75 Å². The van der Waals surface area contributed by atoms with E-state index in [9.17, 15) is 5.11 Å². The van der Waals surface area contributed by atoms with E-state index in [1.54, 1.807) is 11.3 Å². The molecule has 4 nitrogen and oxygen atoms in total. The van der Waals surface area contributed by atoms with Crippen LogP contribution in [0.15, 0.2) is 24.3 Å². The number of hydrogen-bond acceptors (Lipinski definition) is 5. The van der Waals surface area contributed by atoms with Crippen molar-refractivity contribution in [2.24, 2.45) is 0 Å². The normalized spacial score (nSPS) is 14.6. The van der Waals surface area contributed by atoms with Crippen LogP contribution in [-0.4, -0.2) is 23.2 Å². The number of fused-ring (bicyclic) bond motifs is 1. The molecule has 2 aromatic rings. The maximum atomic E-state index is 9.44. The fourth-order valence-corrected chi connectivity index (χ4v) is 3.46. The zero-order chi connectivity index (χ0) is 13.9. The number of nitrogens with zero attached hydrogens (tertiary/aromatic N) is 2. The zero-order valence-corrected chi connectivity index (χ0v) is 12.3. The molecule has 20 heavy (non-hydrogen) atoms. The molecule has 1 N–H and O–H groups in total. The van der Waals surface area contributed by atoms with E-state index in [2.05, 4.69) is 17.9 Å². The summed E-state index contributed by atoms with van der Waals surface area (Å²) in [5.41, 5.74) is 2.06. The van der Waals surface area contributed by atoms with Gasteiger partial charge in [-0.05, 0) is 25.0 Å². The van der Waals surface area contributed by atoms with Crippen LogP contribution in [-0.2, 0) is 13.0 Å². The summed E-state index contributed by atoms with van der Waals surface area (Å²) in [6.45, 7) is 3.75. The third-order valence-corrected chi connectivity index (χ3v) is 4.52. The monoisotopic (exact) mass is 290 g/mol. The number of rotatable bonds is 3. The molecule has 106 valence electrons. The SMILES string of the molecule is CCc1nc(N2CCCOc3ccccc32)sc1CO. The number of aromatic nitrogens is 1. The summed E-state index contributed by atoms with van der Waals surface area (Å²) in [5.74, 6) is 0.906. The van der Waals surface area contributed by atoms with Gasteiger partial charge in [0.25, 0.3) is 0 Å². The Balaban J connectivity index is 2.03. The maximum Gasteiger partial charge on any atom is 0.190 e. The van der Waals surface area contributed by atoms with Crippen molar-refractivity contribution in [3.63, 3.8) is 0 Å². The Hall–Kier alpha value is -1.59. The molecule has 0 bridgehead atoms. The lowest BCUT2D eigenvalue weighted by Crippen LogP contribution is -2.17. The molecule has 1 aliphatic heterocycles. The van der Waals surface area contributed by atoms with Crippen molar-refractivity contribution in [1.82, 2.24) is 4.98 Å². The van der Waals surface area contributed by atoms with Gasteiger partial charge in [-0.3, -0.25) is 0 Å². The molecule has 0 radical (unpaired) electrons. The summed E-state index contributed by atoms with van der Waals surface area (Å²) in [5, 5.41) is 10.4. The van der Waals surface area contributed by atoms with Gasteiger partial charge in [0.05, 0.1) is 29.5 Å². The minimum Gasteiger partial charge on any atom is -0.491 e. The van der Waals surface area contributed by atoms with Crippen molar-refractivity contribution >= 4 is 22.2 Å². The van der Waals surface area contributed by atoms with Crippen LogP contribution in [0.3, 0.4) is 0 Å². The van der Waals surface area contributed by atoms with Crippen LogP contribution in [0.1, 0.15) is 23.9 Å². The molecule has 0 amide bonds. The lowest BCUT2D eigenvalue weighted by Gasteiger charge is -2.20. The predicted molar refractivity (Wildman–Crippen MR) is 81.0 cm³/mol. The van der Waals surface area contributed by atoms with Crippen molar-refractivity contribution in [2.75, 3.05) is 18.1 Å². The molecule has 1 aromatic carbocycles. The molecule has 0 saturated heterocycles. The molecular formula is C15H18N2O2S. The topological polar surface area (TPSA) is 45.6 Å². The number of aliphatic hydroxyl groups is 1. The van der Waals surface area contributed by atoms with Gasteiger partial charge < -0.3 is 14.7 Å². The summed E-state index contributed by atoms with van der Waals surface area (Å²) >= 11 is 1.57. The maximum absolute atomic E-state index is 9.44. The Morgan fingerprint density at radius 3 is 3.00 bits per heavy atom. The van der Waals surface area contributed by atoms with Gasteiger partial charge in [0, 0.05) is 6.54 Å². The molecule has 0 fully saturated rings. The second kappa shape index (κ2) is 5.81. The van der Waals surface area contributed by atoms with E-state index >= 15 is 0 Å². The smallest absolute Gasteiger partial charge is 0.190 e. The van der Waals surface area contributed by atoms with Crippen LogP contribution >= 0.6 is 11.3 Å². The van der Waals surface area contributed by atoms with E-state index < -0.39 is 0 Å². The van der Waals surface area contributed by atoms with Gasteiger partial charge in [0.15, 0.2) is 5.13 Å². The van der Waals surface area contributed by atoms with E-state index in [-0.39, 0.29) is 6.61 Å². The highest BCUT2D eigenvalue weighted by Gasteiger charge is 2.21. The molecule has 3 rings (SSSR count). The molecule has 0 aliphatic carbocycles. The molecule has 1 aliphatic rings. The second-order valence-electron chi connectivity index (χ2n) is 4.70. The van der Waals surface area contributed by atoms with Gasteiger partial charge in [-0.2, -0.15) is 0 Å². The Bertz CT molecular complexity index is 576. The molecule has 0 atom stereocenters. The molecule has 1 aromatic heterocycles. The molecule has 5 heteroatoms. The van der Waals surface area contributed by atoms with Crippen LogP contribution < -0.4 is 9.64 Å². The van der Waals surface area contributed by atoms with Crippen molar-refractivity contribution in [1.29, 1.82) is 0 Å². The first kappa shape index (κ1) is 13.4. The van der Waals surface area contributed by atoms with E-state index in [0.29, 0.717) is 0 Å². The number of hydrogen-bond donors (Lipinski definition) is 1. The van der Waals surface area contributed by atoms with Crippen LogP contribution in [0.5, 0.6) is 5.75 Å². The first-order valence-electron chi connectivity index (χ1n) is 6.92. The molecule has 2 heterocycles. The summed E-state index contributed by atoms with van der Waals surface area (Å²) < 4.78 is 5.78. The minimum atomic E-state index is 0.0623. The number of aliphatic hydroxyl groups excluding tert-OH is 1. The third-order valence-electron chi connectivity index (χ3n) is 3.42. The fraction of sp³-hybridized carbons (Fsp3) is 0.400. The molecule has 0 unspecified atom stereocenters. The number of anilines is 2. The molecular weight excluding hydrogens is 272 g/mol. The summed E-state index contributed by atoms with van der Waals surface area (Å²) in [6.07, 6.45) is 1.81. The Kier molecular flexibility index (Phi) is 3.89. The van der Waals surface area contributed by atoms with Crippen molar-refractivity contribution in [2.45, 2.75) is 26.4 Å². The molecule has 0 saturated carbocycles. The predicted octanol–water partition coefficient (Wildman–Crippen LogP) is 3.12. The van der Waals surface area contributed by atoms with Gasteiger partial charge in [-0.1, -0.05) is 30.4 Å². The lowest BCUT2D eigenvalue weighted by molar-refractivity contribution is 0.284. The molecule has 0 spiro atoms. The minimum absolute atomic E-state index is 0.0623. The first-order valence-corrected chi connectivity index (χ1v) is 7.74. The number of thiazole rings is 1. The van der Waals surface area contributed by atoms with E-state index in [0.717, 1.165) is 53.1 Å². The zero-order valence-electron chi connectivity index (χ0n) is 11.5. The Morgan fingerprint density at radius 1 is 1.40 bits per heavy atom. The van der Waals surface area contributed by atoms with Crippen LogP contribution in [0.25, 0.3) is 0 Å². The van der Waals surface area contributed by atoms with E-state index in [1.165, 1.54) is 0 Å². The highest BCUT2D eigenvalue weighted by molar-refractivity contribution is 7.15. The number of ether oxygens (including phenoxy) is 1. The summed E-state index contributed by atoms with van der Waals surface area (Å²) in [6, 6.07) is 8.06. The van der Waals surface area contributed by atoms with Crippen molar-refractivity contribution < 1.29 is 9.84 Å². The Morgan fingerprint density at radius 2 is 2.25 bits per heavy atom. The summed E-state index contributed by atoms with van der Waals surface area (Å²) in [4.78, 5) is 7.86. The highest BCUT2D eigenvalue weighted by Crippen LogP contribution is 2.38. The number of para-hydroxylation sites is 2. The van der Waals surface area contributed by atoms with Crippen LogP contribution in [0, 0.1) is 0 Å². The van der Waals surface area contributed by atoms with Crippen LogP contribution in [0.2, 0.25) is 0 Å². The first-order chi connectivity index (χ1) is 9.83. The van der Waals surface area contributed by atoms with Gasteiger partial charge in [0.1, 0.15) is 5.75 Å². The fourth-order valence-electron chi connectivity index (χ4n) is 2.41. The van der Waals surface area contributed by atoms with Gasteiger partial charge >= 0.3 is 0 Å². The Labute approximate surface area is 122 Å². The quantitative estimate of drug-likeness (QED) is 0.943. The third kappa shape index (κ3) is 2.39. The largest absolute Gasteiger partial charge is 0.491 e. The van der Waals surface area contributed by atoms with Gasteiger partial charge in [0.2, 0.25) is 0 Å². The second-order valence-corrected chi connectivity index (χ2v) is 5.76. The summed E-state index contributed by atoms with van der Waals surface area (Å²) in [7, 11) is 0.